The van der Waals surface area contributed by atoms with Crippen molar-refractivity contribution in [3.05, 3.63) is 0 Å². The minimum Gasteiger partial charge on any atom is -0.480 e. The topological polar surface area (TPSA) is 193 Å². The number of esters is 1. The third-order valence-electron chi connectivity index (χ3n) is 4.62. The van der Waals surface area contributed by atoms with Crippen LogP contribution < -0.4 is 10.6 Å². The van der Waals surface area contributed by atoms with Crippen molar-refractivity contribution in [1.29, 1.82) is 0 Å². The van der Waals surface area contributed by atoms with E-state index in [-0.39, 0.29) is 30.4 Å². The quantitative estimate of drug-likeness (QED) is 0.189. The van der Waals surface area contributed by atoms with Crippen LogP contribution in [0.4, 0.5) is 4.79 Å². The molecule has 0 unspecified atom stereocenters. The molecule has 0 aromatic carbocycles. The number of amides is 2. The molecule has 0 saturated carbocycles. The molecule has 0 aromatic rings. The molecular weight excluding hydrogens is 523 g/mol. The van der Waals surface area contributed by atoms with E-state index in [1.54, 1.807) is 34.6 Å². The van der Waals surface area contributed by atoms with Crippen molar-refractivity contribution in [1.82, 2.24) is 10.6 Å². The number of rotatable bonds is 11. The molecule has 1 aliphatic heterocycles. The maximum absolute atomic E-state index is 12.8. The molecule has 1 fully saturated rings. The van der Waals surface area contributed by atoms with Crippen LogP contribution in [0.15, 0.2) is 0 Å². The zero-order chi connectivity index (χ0) is 27.7. The van der Waals surface area contributed by atoms with E-state index in [0.717, 1.165) is 11.8 Å². The molecular formula is C20H33N2O12PS. The Balaban J connectivity index is 2.61. The highest BCUT2D eigenvalue weighted by Gasteiger charge is 2.49. The molecule has 0 spiro atoms. The first-order valence-electron chi connectivity index (χ1n) is 10.8. The lowest BCUT2D eigenvalue weighted by Crippen LogP contribution is -2.50. The summed E-state index contributed by atoms with van der Waals surface area (Å²) in [5.74, 6) is -2.83. The first kappa shape index (κ1) is 31.8. The Hall–Kier alpha value is -2.19. The van der Waals surface area contributed by atoms with Crippen LogP contribution in [0.2, 0.25) is 0 Å². The zero-order valence-electron chi connectivity index (χ0n) is 21.0. The van der Waals surface area contributed by atoms with Crippen LogP contribution in [0.3, 0.4) is 0 Å². The van der Waals surface area contributed by atoms with Crippen LogP contribution in [0.5, 0.6) is 0 Å². The lowest BCUT2D eigenvalue weighted by Gasteiger charge is -2.39. The molecule has 0 aromatic heterocycles. The number of phosphoric ester groups is 1. The molecule has 16 heteroatoms. The second-order valence-corrected chi connectivity index (χ2v) is 12.0. The van der Waals surface area contributed by atoms with Gasteiger partial charge >= 0.3 is 25.9 Å². The van der Waals surface area contributed by atoms with E-state index in [9.17, 15) is 33.6 Å². The van der Waals surface area contributed by atoms with Gasteiger partial charge in [0.15, 0.2) is 11.2 Å². The van der Waals surface area contributed by atoms with Gasteiger partial charge in [-0.3, -0.25) is 23.4 Å². The second-order valence-electron chi connectivity index (χ2n) is 9.37. The zero-order valence-corrected chi connectivity index (χ0v) is 22.7. The van der Waals surface area contributed by atoms with Gasteiger partial charge in [-0.15, -0.1) is 0 Å². The summed E-state index contributed by atoms with van der Waals surface area (Å²) in [7, 11) is -3.13. The number of hydrogen-bond acceptors (Lipinski definition) is 12. The third-order valence-corrected chi connectivity index (χ3v) is 7.33. The predicted molar refractivity (Wildman–Crippen MR) is 126 cm³/mol. The highest BCUT2D eigenvalue weighted by Crippen LogP contribution is 2.57. The molecule has 1 rings (SSSR count). The van der Waals surface area contributed by atoms with Gasteiger partial charge in [0.05, 0.1) is 20.1 Å². The van der Waals surface area contributed by atoms with Crippen molar-refractivity contribution in [2.45, 2.75) is 53.2 Å². The Kier molecular flexibility index (Phi) is 11.8. The molecule has 0 aliphatic carbocycles. The van der Waals surface area contributed by atoms with Crippen LogP contribution in [0.25, 0.3) is 0 Å². The van der Waals surface area contributed by atoms with Gasteiger partial charge in [-0.2, -0.15) is 0 Å². The largest absolute Gasteiger partial charge is 0.480 e. The minimum absolute atomic E-state index is 0.0406. The van der Waals surface area contributed by atoms with Crippen molar-refractivity contribution in [2.24, 2.45) is 10.8 Å². The normalized spacial score (nSPS) is 22.1. The molecule has 0 radical (unpaired) electrons. The van der Waals surface area contributed by atoms with E-state index in [0.29, 0.717) is 0 Å². The summed E-state index contributed by atoms with van der Waals surface area (Å²) >= 11 is 0.749. The van der Waals surface area contributed by atoms with E-state index in [1.165, 1.54) is 7.11 Å². The van der Waals surface area contributed by atoms with Crippen molar-refractivity contribution in [3.63, 3.8) is 0 Å². The lowest BCUT2D eigenvalue weighted by molar-refractivity contribution is -0.144. The summed E-state index contributed by atoms with van der Waals surface area (Å²) in [6.07, 6.45) is -2.58. The molecule has 3 N–H and O–H groups in total. The molecule has 1 saturated heterocycles. The number of thioether (sulfide) groups is 1. The summed E-state index contributed by atoms with van der Waals surface area (Å²) in [6, 6.07) is -1.44. The number of alkyl carbamates (subject to hydrolysis) is 1. The van der Waals surface area contributed by atoms with Gasteiger partial charge in [-0.25, -0.2) is 18.7 Å². The summed E-state index contributed by atoms with van der Waals surface area (Å²) in [6.45, 7) is 7.08. The van der Waals surface area contributed by atoms with Gasteiger partial charge < -0.3 is 25.2 Å². The number of nitrogens with one attached hydrogen (secondary N) is 2. The maximum Gasteiger partial charge on any atom is 0.478 e. The lowest BCUT2D eigenvalue weighted by atomic mass is 9.87. The summed E-state index contributed by atoms with van der Waals surface area (Å²) < 4.78 is 37.3. The predicted octanol–water partition coefficient (Wildman–Crippen LogP) is 1.67. The molecule has 3 atom stereocenters. The van der Waals surface area contributed by atoms with E-state index in [2.05, 4.69) is 15.4 Å². The highest BCUT2D eigenvalue weighted by atomic mass is 32.2. The molecule has 0 bridgehead atoms. The number of aliphatic carboxylic acids is 1. The van der Waals surface area contributed by atoms with E-state index in [4.69, 9.17) is 18.3 Å². The number of ether oxygens (including phenoxy) is 2. The third kappa shape index (κ3) is 10.4. The summed E-state index contributed by atoms with van der Waals surface area (Å²) in [5, 5.41) is 13.5. The smallest absolute Gasteiger partial charge is 0.478 e. The molecule has 14 nitrogen and oxygen atoms in total. The molecule has 36 heavy (non-hydrogen) atoms. The molecule has 2 amide bonds. The number of carboxylic acid groups (broad SMARTS) is 1. The monoisotopic (exact) mass is 556 g/mol. The van der Waals surface area contributed by atoms with Crippen LogP contribution >= 0.6 is 19.6 Å². The van der Waals surface area contributed by atoms with Crippen LogP contribution in [-0.2, 0) is 46.8 Å². The van der Waals surface area contributed by atoms with E-state index in [1.807, 2.05) is 0 Å². The van der Waals surface area contributed by atoms with Gasteiger partial charge in [-0.1, -0.05) is 46.4 Å². The van der Waals surface area contributed by atoms with Gasteiger partial charge in [0.2, 0.25) is 12.7 Å². The Morgan fingerprint density at radius 1 is 1.22 bits per heavy atom. The van der Waals surface area contributed by atoms with Crippen LogP contribution in [-0.4, -0.2) is 79.1 Å². The number of methoxy groups -OCH3 is 1. The number of carboxylic acids is 1. The standard InChI is InChI=1S/C20H33N2O12PS/c1-19(2,3)17(27)36-9-12(16(25)26)22-18(28)31-11-33-35(29)32-10-20(4,5)14(34-35)15(24)21-8-7-13(23)30-6/h12,14H,7-11H2,1-6H3,(H,21,24)(H,22,28)(H,25,26)/t12-,14-,35+/m0/s1. The Labute approximate surface area is 213 Å². The van der Waals surface area contributed by atoms with Crippen LogP contribution in [0, 0.1) is 10.8 Å². The van der Waals surface area contributed by atoms with Gasteiger partial charge in [0.25, 0.3) is 0 Å². The van der Waals surface area contributed by atoms with E-state index >= 15 is 0 Å². The maximum atomic E-state index is 12.8. The van der Waals surface area contributed by atoms with Crippen molar-refractivity contribution >= 4 is 48.6 Å². The number of carbonyl (C=O) groups is 5. The fourth-order valence-electron chi connectivity index (χ4n) is 2.45. The number of hydrogen-bond donors (Lipinski definition) is 3. The average Bonchev–Trinajstić information content (AvgIpc) is 2.77. The minimum atomic E-state index is -4.34. The molecule has 1 heterocycles. The van der Waals surface area contributed by atoms with Crippen molar-refractivity contribution < 1.29 is 56.7 Å². The van der Waals surface area contributed by atoms with Gasteiger partial charge in [0, 0.05) is 23.1 Å². The first-order valence-corrected chi connectivity index (χ1v) is 13.2. The van der Waals surface area contributed by atoms with Gasteiger partial charge in [0.1, 0.15) is 6.04 Å². The summed E-state index contributed by atoms with van der Waals surface area (Å²) in [4.78, 5) is 59.1. The SMILES string of the molecule is COC(=O)CCNC(=O)[C@@H]1O[P@@](=O)(OCOC(=O)N[C@@H](CSC(=O)C(C)(C)C)C(=O)O)OCC1(C)C. The number of phosphoric acid groups is 1. The Morgan fingerprint density at radius 3 is 2.42 bits per heavy atom. The molecule has 206 valence electrons. The molecule has 1 aliphatic rings. The fourth-order valence-corrected chi connectivity index (χ4v) is 4.94. The van der Waals surface area contributed by atoms with Crippen LogP contribution in [0.1, 0.15) is 41.0 Å². The van der Waals surface area contributed by atoms with Crippen molar-refractivity contribution in [3.8, 4) is 0 Å². The van der Waals surface area contributed by atoms with Gasteiger partial charge in [-0.05, 0) is 0 Å². The summed E-state index contributed by atoms with van der Waals surface area (Å²) in [5.41, 5.74) is -1.61. The van der Waals surface area contributed by atoms with Crippen molar-refractivity contribution in [2.75, 3.05) is 32.8 Å². The Morgan fingerprint density at radius 2 is 1.86 bits per heavy atom. The number of carbonyl (C=O) groups excluding carboxylic acids is 4. The highest BCUT2D eigenvalue weighted by molar-refractivity contribution is 8.13. The second kappa shape index (κ2) is 13.4. The Bertz CT molecular complexity index is 888. The fraction of sp³-hybridized carbons (Fsp3) is 0.750. The first-order chi connectivity index (χ1) is 16.5. The van der Waals surface area contributed by atoms with E-state index < -0.39 is 61.5 Å². The average molecular weight is 557 g/mol.